The highest BCUT2D eigenvalue weighted by atomic mass is 16.5. The molecule has 0 aliphatic carbocycles. The minimum absolute atomic E-state index is 0.00563. The number of aryl methyl sites for hydroxylation is 1. The number of benzene rings is 1. The lowest BCUT2D eigenvalue weighted by molar-refractivity contribution is -0.142. The molecule has 0 saturated carbocycles. The Morgan fingerprint density at radius 1 is 1.24 bits per heavy atom. The van der Waals surface area contributed by atoms with Gasteiger partial charge in [-0.05, 0) is 38.8 Å². The molecule has 1 aliphatic rings. The average molecular weight is 344 g/mol. The Morgan fingerprint density at radius 2 is 1.96 bits per heavy atom. The smallest absolute Gasteiger partial charge is 0.253 e. The van der Waals surface area contributed by atoms with Gasteiger partial charge in [0.1, 0.15) is 6.10 Å². The minimum atomic E-state index is -0.459. The number of hydrogen-bond acceptors (Lipinski definition) is 3. The van der Waals surface area contributed by atoms with Crippen molar-refractivity contribution in [2.45, 2.75) is 32.8 Å². The third-order valence-electron chi connectivity index (χ3n) is 4.40. The molecule has 5 nitrogen and oxygen atoms in total. The van der Waals surface area contributed by atoms with Gasteiger partial charge in [0.2, 0.25) is 0 Å². The summed E-state index contributed by atoms with van der Waals surface area (Å²) in [5.41, 5.74) is 1.78. The molecule has 25 heavy (non-hydrogen) atoms. The average Bonchev–Trinajstić information content (AvgIpc) is 2.86. The van der Waals surface area contributed by atoms with Crippen molar-refractivity contribution in [3.05, 3.63) is 48.0 Å². The van der Waals surface area contributed by atoms with E-state index in [4.69, 9.17) is 4.74 Å². The Kier molecular flexibility index (Phi) is 7.19. The fourth-order valence-electron chi connectivity index (χ4n) is 2.96. The summed E-state index contributed by atoms with van der Waals surface area (Å²) in [4.78, 5) is 28.8. The van der Waals surface area contributed by atoms with Crippen LogP contribution >= 0.6 is 0 Å². The predicted octanol–water partition coefficient (Wildman–Crippen LogP) is 2.65. The first-order chi connectivity index (χ1) is 12.0. The molecular weight excluding hydrogens is 316 g/mol. The van der Waals surface area contributed by atoms with E-state index in [2.05, 4.69) is 6.58 Å². The number of rotatable bonds is 6. The zero-order chi connectivity index (χ0) is 18.2. The van der Waals surface area contributed by atoms with Crippen LogP contribution in [0.2, 0.25) is 0 Å². The van der Waals surface area contributed by atoms with Crippen LogP contribution in [0.15, 0.2) is 36.9 Å². The lowest BCUT2D eigenvalue weighted by Crippen LogP contribution is -2.42. The van der Waals surface area contributed by atoms with E-state index in [0.29, 0.717) is 38.3 Å². The Balaban J connectivity index is 1.92. The molecule has 1 fully saturated rings. The molecule has 1 atom stereocenters. The molecule has 0 aromatic heterocycles. The van der Waals surface area contributed by atoms with Gasteiger partial charge in [-0.25, -0.2) is 0 Å². The van der Waals surface area contributed by atoms with E-state index in [1.165, 1.54) is 0 Å². The SMILES string of the molecule is C=CCCOC(C)C(=O)N1CCCN(C(=O)c2cccc(C)c2)CC1. The maximum atomic E-state index is 12.7. The molecule has 1 aromatic carbocycles. The third-order valence-corrected chi connectivity index (χ3v) is 4.40. The summed E-state index contributed by atoms with van der Waals surface area (Å²) in [6.07, 6.45) is 2.83. The highest BCUT2D eigenvalue weighted by Crippen LogP contribution is 2.12. The van der Waals surface area contributed by atoms with Gasteiger partial charge in [0.05, 0.1) is 6.61 Å². The summed E-state index contributed by atoms with van der Waals surface area (Å²) in [5.74, 6) is 0.0298. The third kappa shape index (κ3) is 5.43. The molecule has 136 valence electrons. The van der Waals surface area contributed by atoms with Gasteiger partial charge >= 0.3 is 0 Å². The van der Waals surface area contributed by atoms with E-state index in [1.807, 2.05) is 41.0 Å². The van der Waals surface area contributed by atoms with E-state index in [-0.39, 0.29) is 11.8 Å². The fourth-order valence-corrected chi connectivity index (χ4v) is 2.96. The van der Waals surface area contributed by atoms with Crippen LogP contribution in [0.25, 0.3) is 0 Å². The topological polar surface area (TPSA) is 49.9 Å². The molecule has 1 heterocycles. The lowest BCUT2D eigenvalue weighted by atomic mass is 10.1. The Hall–Kier alpha value is -2.14. The molecule has 2 amide bonds. The van der Waals surface area contributed by atoms with Crippen molar-refractivity contribution in [2.24, 2.45) is 0 Å². The van der Waals surface area contributed by atoms with E-state index in [1.54, 1.807) is 13.0 Å². The van der Waals surface area contributed by atoms with Gasteiger partial charge in [0.25, 0.3) is 11.8 Å². The van der Waals surface area contributed by atoms with Crippen LogP contribution in [0.4, 0.5) is 0 Å². The van der Waals surface area contributed by atoms with Gasteiger partial charge in [-0.15, -0.1) is 6.58 Å². The van der Waals surface area contributed by atoms with Crippen molar-refractivity contribution in [3.8, 4) is 0 Å². The van der Waals surface area contributed by atoms with Crippen LogP contribution in [0.5, 0.6) is 0 Å². The van der Waals surface area contributed by atoms with Crippen molar-refractivity contribution in [1.82, 2.24) is 9.80 Å². The van der Waals surface area contributed by atoms with Gasteiger partial charge < -0.3 is 14.5 Å². The molecule has 1 aliphatic heterocycles. The van der Waals surface area contributed by atoms with Crippen molar-refractivity contribution >= 4 is 11.8 Å². The minimum Gasteiger partial charge on any atom is -0.368 e. The molecule has 1 saturated heterocycles. The van der Waals surface area contributed by atoms with Crippen LogP contribution in [0.1, 0.15) is 35.7 Å². The molecule has 0 N–H and O–H groups in total. The molecular formula is C20H28N2O3. The standard InChI is InChI=1S/C20H28N2O3/c1-4-5-14-25-17(3)19(23)21-10-7-11-22(13-12-21)20(24)18-9-6-8-16(2)15-18/h4,6,8-9,15,17H,1,5,7,10-14H2,2-3H3. The van der Waals surface area contributed by atoms with Crippen LogP contribution in [0.3, 0.4) is 0 Å². The van der Waals surface area contributed by atoms with Crippen LogP contribution in [0, 0.1) is 6.92 Å². The first-order valence-electron chi connectivity index (χ1n) is 8.90. The van der Waals surface area contributed by atoms with Crippen molar-refractivity contribution in [3.63, 3.8) is 0 Å². The summed E-state index contributed by atoms with van der Waals surface area (Å²) in [6.45, 7) is 10.3. The number of carbonyl (C=O) groups excluding carboxylic acids is 2. The Bertz CT molecular complexity index is 615. The number of amides is 2. The quantitative estimate of drug-likeness (QED) is 0.589. The zero-order valence-electron chi connectivity index (χ0n) is 15.2. The first-order valence-corrected chi connectivity index (χ1v) is 8.90. The molecule has 1 unspecified atom stereocenters. The van der Waals surface area contributed by atoms with Crippen LogP contribution < -0.4 is 0 Å². The highest BCUT2D eigenvalue weighted by Gasteiger charge is 2.25. The van der Waals surface area contributed by atoms with Gasteiger partial charge in [-0.2, -0.15) is 0 Å². The number of carbonyl (C=O) groups is 2. The second-order valence-corrected chi connectivity index (χ2v) is 6.43. The summed E-state index contributed by atoms with van der Waals surface area (Å²) >= 11 is 0. The van der Waals surface area contributed by atoms with Crippen molar-refractivity contribution in [2.75, 3.05) is 32.8 Å². The van der Waals surface area contributed by atoms with Gasteiger partial charge in [-0.3, -0.25) is 9.59 Å². The number of nitrogens with zero attached hydrogens (tertiary/aromatic N) is 2. The first kappa shape index (κ1) is 19.2. The Labute approximate surface area is 150 Å². The normalized spacial score (nSPS) is 16.2. The van der Waals surface area contributed by atoms with E-state index in [9.17, 15) is 9.59 Å². The summed E-state index contributed by atoms with van der Waals surface area (Å²) in [5, 5.41) is 0. The molecule has 1 aromatic rings. The number of hydrogen-bond donors (Lipinski definition) is 0. The van der Waals surface area contributed by atoms with E-state index >= 15 is 0 Å². The highest BCUT2D eigenvalue weighted by molar-refractivity contribution is 5.94. The van der Waals surface area contributed by atoms with Crippen molar-refractivity contribution in [1.29, 1.82) is 0 Å². The number of ether oxygens (including phenoxy) is 1. The molecule has 0 bridgehead atoms. The second-order valence-electron chi connectivity index (χ2n) is 6.43. The maximum absolute atomic E-state index is 12.7. The summed E-state index contributed by atoms with van der Waals surface area (Å²) in [7, 11) is 0. The van der Waals surface area contributed by atoms with Gasteiger partial charge in [-0.1, -0.05) is 23.8 Å². The summed E-state index contributed by atoms with van der Waals surface area (Å²) < 4.78 is 5.55. The monoisotopic (exact) mass is 344 g/mol. The predicted molar refractivity (Wildman–Crippen MR) is 98.5 cm³/mol. The van der Waals surface area contributed by atoms with E-state index in [0.717, 1.165) is 18.4 Å². The maximum Gasteiger partial charge on any atom is 0.253 e. The van der Waals surface area contributed by atoms with Crippen LogP contribution in [-0.4, -0.2) is 60.5 Å². The molecule has 0 radical (unpaired) electrons. The zero-order valence-corrected chi connectivity index (χ0v) is 15.2. The molecule has 5 heteroatoms. The fraction of sp³-hybridized carbons (Fsp3) is 0.500. The van der Waals surface area contributed by atoms with Gasteiger partial charge in [0, 0.05) is 31.7 Å². The lowest BCUT2D eigenvalue weighted by Gasteiger charge is -2.25. The summed E-state index contributed by atoms with van der Waals surface area (Å²) in [6, 6.07) is 7.64. The molecule has 0 spiro atoms. The molecule has 2 rings (SSSR count). The van der Waals surface area contributed by atoms with Crippen molar-refractivity contribution < 1.29 is 14.3 Å². The largest absolute Gasteiger partial charge is 0.368 e. The van der Waals surface area contributed by atoms with Crippen LogP contribution in [-0.2, 0) is 9.53 Å². The van der Waals surface area contributed by atoms with Gasteiger partial charge in [0.15, 0.2) is 0 Å². The Morgan fingerprint density at radius 3 is 2.68 bits per heavy atom. The van der Waals surface area contributed by atoms with E-state index < -0.39 is 6.10 Å². The second kappa shape index (κ2) is 9.37.